The van der Waals surface area contributed by atoms with Gasteiger partial charge in [-0.25, -0.2) is 0 Å². The normalized spacial score (nSPS) is 10.3. The molecule has 58 valence electrons. The highest BCUT2D eigenvalue weighted by molar-refractivity contribution is 5.53. The highest BCUT2D eigenvalue weighted by Gasteiger charge is 1.84. The first-order chi connectivity index (χ1) is 5.43. The van der Waals surface area contributed by atoms with Gasteiger partial charge in [0, 0.05) is 12.9 Å². The van der Waals surface area contributed by atoms with Crippen molar-refractivity contribution in [2.45, 2.75) is 0 Å². The standard InChI is InChI=1S/C9H10O2/c1-10-7-8-11-9-5-3-2-4-6-9/h2-6H,8H2,1H3. The topological polar surface area (TPSA) is 20.5 Å². The summed E-state index contributed by atoms with van der Waals surface area (Å²) in [6.07, 6.45) is 2.57. The van der Waals surface area contributed by atoms with Crippen molar-refractivity contribution in [3.8, 4) is 5.75 Å². The molecule has 0 atom stereocenters. The summed E-state index contributed by atoms with van der Waals surface area (Å²) >= 11 is 0. The van der Waals surface area contributed by atoms with E-state index in [9.17, 15) is 0 Å². The van der Waals surface area contributed by atoms with Gasteiger partial charge in [-0.2, -0.15) is 0 Å². The van der Waals surface area contributed by atoms with Gasteiger partial charge in [0.1, 0.15) is 5.75 Å². The zero-order valence-corrected chi connectivity index (χ0v) is 6.41. The van der Waals surface area contributed by atoms with Crippen LogP contribution in [0, 0.1) is 0 Å². The van der Waals surface area contributed by atoms with Crippen molar-refractivity contribution >= 4 is 6.29 Å². The number of benzene rings is 1. The van der Waals surface area contributed by atoms with Gasteiger partial charge in [0.25, 0.3) is 0 Å². The predicted molar refractivity (Wildman–Crippen MR) is 43.6 cm³/mol. The Kier molecular flexibility index (Phi) is 3.19. The summed E-state index contributed by atoms with van der Waals surface area (Å²) in [6, 6.07) is 9.55. The van der Waals surface area contributed by atoms with Crippen LogP contribution in [0.15, 0.2) is 30.3 Å². The third kappa shape index (κ3) is 2.85. The summed E-state index contributed by atoms with van der Waals surface area (Å²) in [5, 5.41) is 0. The minimum atomic E-state index is 0.362. The van der Waals surface area contributed by atoms with E-state index in [2.05, 4.69) is 10.7 Å². The largest absolute Gasteiger partial charge is 0.517 e. The summed E-state index contributed by atoms with van der Waals surface area (Å²) in [7, 11) is 1.55. The van der Waals surface area contributed by atoms with Crippen LogP contribution in [0.25, 0.3) is 0 Å². The van der Waals surface area contributed by atoms with Gasteiger partial charge >= 0.3 is 0 Å². The van der Waals surface area contributed by atoms with E-state index in [1.54, 1.807) is 7.11 Å². The lowest BCUT2D eigenvalue weighted by Crippen LogP contribution is -1.98. The van der Waals surface area contributed by atoms with Crippen LogP contribution in [0.1, 0.15) is 0 Å². The van der Waals surface area contributed by atoms with Crippen LogP contribution in [0.2, 0.25) is 0 Å². The first kappa shape index (κ1) is 7.79. The van der Waals surface area contributed by atoms with Crippen LogP contribution in [-0.4, -0.2) is 20.0 Å². The van der Waals surface area contributed by atoms with Gasteiger partial charge in [0.2, 0.25) is 7.11 Å². The molecule has 0 saturated heterocycles. The van der Waals surface area contributed by atoms with Crippen molar-refractivity contribution in [2.75, 3.05) is 13.7 Å². The molecule has 2 heteroatoms. The first-order valence-corrected chi connectivity index (χ1v) is 3.37. The van der Waals surface area contributed by atoms with Crippen molar-refractivity contribution in [1.29, 1.82) is 0 Å². The molecule has 0 unspecified atom stereocenters. The number of carbonyl (C=O) groups excluding carboxylic acids is 1. The van der Waals surface area contributed by atoms with Crippen LogP contribution in [0.3, 0.4) is 0 Å². The van der Waals surface area contributed by atoms with Gasteiger partial charge in [0.05, 0.1) is 0 Å². The van der Waals surface area contributed by atoms with E-state index in [1.165, 1.54) is 0 Å². The fourth-order valence-corrected chi connectivity index (χ4v) is 0.688. The van der Waals surface area contributed by atoms with Gasteiger partial charge in [0.15, 0.2) is 0 Å². The summed E-state index contributed by atoms with van der Waals surface area (Å²) < 4.78 is 9.80. The fraction of sp³-hybridized carbons (Fsp3) is 0.222. The maximum absolute atomic E-state index is 5.21. The van der Waals surface area contributed by atoms with Crippen molar-refractivity contribution in [2.24, 2.45) is 0 Å². The third-order valence-corrected chi connectivity index (χ3v) is 1.19. The maximum atomic E-state index is 5.21. The molecular weight excluding hydrogens is 140 g/mol. The summed E-state index contributed by atoms with van der Waals surface area (Å²) in [4.78, 5) is 0. The van der Waals surface area contributed by atoms with E-state index in [-0.39, 0.29) is 0 Å². The smallest absolute Gasteiger partial charge is 0.208 e. The van der Waals surface area contributed by atoms with E-state index in [4.69, 9.17) is 4.74 Å². The third-order valence-electron chi connectivity index (χ3n) is 1.19. The van der Waals surface area contributed by atoms with Gasteiger partial charge in [-0.1, -0.05) is 18.2 Å². The first-order valence-electron chi connectivity index (χ1n) is 3.37. The molecule has 11 heavy (non-hydrogen) atoms. The molecule has 0 N–H and O–H groups in total. The van der Waals surface area contributed by atoms with Crippen LogP contribution in [0.4, 0.5) is 0 Å². The van der Waals surface area contributed by atoms with Gasteiger partial charge in [-0.05, 0) is 12.1 Å². The van der Waals surface area contributed by atoms with Crippen LogP contribution in [-0.2, 0) is 4.42 Å². The lowest BCUT2D eigenvalue weighted by Gasteiger charge is -2.02. The molecule has 0 saturated carbocycles. The van der Waals surface area contributed by atoms with E-state index >= 15 is 0 Å². The molecule has 0 fully saturated rings. The monoisotopic (exact) mass is 150 g/mol. The average Bonchev–Trinajstić information content (AvgIpc) is 2.07. The zero-order chi connectivity index (χ0) is 7.94. The van der Waals surface area contributed by atoms with Crippen molar-refractivity contribution in [1.82, 2.24) is 0 Å². The molecule has 0 aromatic heterocycles. The Hall–Kier alpha value is -1.31. The molecule has 1 aromatic rings. The minimum absolute atomic E-state index is 0.362. The van der Waals surface area contributed by atoms with Crippen molar-refractivity contribution in [3.63, 3.8) is 0 Å². The van der Waals surface area contributed by atoms with Crippen LogP contribution in [0.5, 0.6) is 5.75 Å². The molecule has 1 rings (SSSR count). The molecular formula is C9H10O2. The fourth-order valence-electron chi connectivity index (χ4n) is 0.688. The number of rotatable bonds is 3. The molecule has 0 heterocycles. The van der Waals surface area contributed by atoms with Crippen LogP contribution >= 0.6 is 0 Å². The Morgan fingerprint density at radius 3 is 2.73 bits per heavy atom. The Bertz CT molecular complexity index is 216. The average molecular weight is 150 g/mol. The van der Waals surface area contributed by atoms with E-state index < -0.39 is 0 Å². The molecule has 0 aliphatic carbocycles. The predicted octanol–water partition coefficient (Wildman–Crippen LogP) is 1.34. The molecule has 2 nitrogen and oxygen atoms in total. The number of hydrogen-bond acceptors (Lipinski definition) is 1. The number of hydrogen-bond donors (Lipinski definition) is 0. The highest BCUT2D eigenvalue weighted by atomic mass is 16.5. The summed E-state index contributed by atoms with van der Waals surface area (Å²) in [5.74, 6) is 0.831. The quantitative estimate of drug-likeness (QED) is 0.470. The Morgan fingerprint density at radius 1 is 1.36 bits per heavy atom. The van der Waals surface area contributed by atoms with Crippen molar-refractivity contribution < 1.29 is 9.16 Å². The number of ether oxygens (including phenoxy) is 1. The molecule has 0 bridgehead atoms. The summed E-state index contributed by atoms with van der Waals surface area (Å²) in [5.41, 5.74) is 0. The Morgan fingerprint density at radius 2 is 2.09 bits per heavy atom. The molecule has 0 spiro atoms. The lowest BCUT2D eigenvalue weighted by molar-refractivity contribution is 0.173. The van der Waals surface area contributed by atoms with Gasteiger partial charge < -0.3 is 9.16 Å². The van der Waals surface area contributed by atoms with Crippen molar-refractivity contribution in [3.05, 3.63) is 30.3 Å². The van der Waals surface area contributed by atoms with E-state index in [0.29, 0.717) is 6.61 Å². The SMILES string of the molecule is C[O+]=[C-]COc1ccccc1. The highest BCUT2D eigenvalue weighted by Crippen LogP contribution is 2.06. The summed E-state index contributed by atoms with van der Waals surface area (Å²) in [6.45, 7) is 0.362. The molecule has 0 amide bonds. The second kappa shape index (κ2) is 4.50. The Labute approximate surface area is 66.1 Å². The molecule has 0 radical (unpaired) electrons. The zero-order valence-electron chi connectivity index (χ0n) is 6.41. The minimum Gasteiger partial charge on any atom is -0.517 e. The van der Waals surface area contributed by atoms with E-state index in [1.807, 2.05) is 30.3 Å². The van der Waals surface area contributed by atoms with Crippen LogP contribution < -0.4 is 4.74 Å². The van der Waals surface area contributed by atoms with E-state index in [0.717, 1.165) is 5.75 Å². The molecule has 1 aromatic carbocycles. The van der Waals surface area contributed by atoms with Gasteiger partial charge in [-0.15, -0.1) is 0 Å². The second-order valence-electron chi connectivity index (χ2n) is 1.95. The lowest BCUT2D eigenvalue weighted by atomic mass is 10.3. The molecule has 0 aliphatic rings. The van der Waals surface area contributed by atoms with Gasteiger partial charge in [-0.3, -0.25) is 0 Å². The maximum Gasteiger partial charge on any atom is 0.208 e. The second-order valence-corrected chi connectivity index (χ2v) is 1.95. The molecule has 0 aliphatic heterocycles. The Balaban J connectivity index is 2.39. The number of para-hydroxylation sites is 1.